The van der Waals surface area contributed by atoms with E-state index >= 15 is 0 Å². The summed E-state index contributed by atoms with van der Waals surface area (Å²) in [5, 5.41) is 5.78. The van der Waals surface area contributed by atoms with Crippen LogP contribution in [-0.4, -0.2) is 18.6 Å². The molecule has 3 nitrogen and oxygen atoms in total. The summed E-state index contributed by atoms with van der Waals surface area (Å²) in [4.78, 5) is 11.2. The van der Waals surface area contributed by atoms with E-state index < -0.39 is 0 Å². The van der Waals surface area contributed by atoms with Crippen LogP contribution >= 0.6 is 0 Å². The monoisotopic (exact) mass is 198 g/mol. The molecule has 0 radical (unpaired) electrons. The fourth-order valence-corrected chi connectivity index (χ4v) is 1.28. The summed E-state index contributed by atoms with van der Waals surface area (Å²) in [5.41, 5.74) is 0.370. The van der Waals surface area contributed by atoms with E-state index in [1.807, 2.05) is 0 Å². The van der Waals surface area contributed by atoms with Gasteiger partial charge in [-0.15, -0.1) is 0 Å². The third-order valence-electron chi connectivity index (χ3n) is 2.30. The number of carbonyl (C=O) groups is 1. The van der Waals surface area contributed by atoms with Crippen molar-refractivity contribution in [3.8, 4) is 0 Å². The third-order valence-corrected chi connectivity index (χ3v) is 2.30. The Balaban J connectivity index is 1.94. The minimum atomic E-state index is 0.00130. The van der Waals surface area contributed by atoms with E-state index in [9.17, 15) is 4.79 Å². The maximum atomic E-state index is 11.2. The molecule has 2 amide bonds. The lowest BCUT2D eigenvalue weighted by Crippen LogP contribution is -2.37. The second-order valence-electron chi connectivity index (χ2n) is 5.34. The van der Waals surface area contributed by atoms with Gasteiger partial charge in [-0.05, 0) is 31.1 Å². The number of nitrogens with one attached hydrogen (secondary N) is 2. The van der Waals surface area contributed by atoms with Crippen molar-refractivity contribution in [2.24, 2.45) is 5.41 Å². The number of hydrogen-bond donors (Lipinski definition) is 2. The second kappa shape index (κ2) is 4.67. The van der Waals surface area contributed by atoms with Gasteiger partial charge in [0, 0.05) is 12.6 Å². The predicted molar refractivity (Wildman–Crippen MR) is 58.2 cm³/mol. The highest BCUT2D eigenvalue weighted by atomic mass is 16.2. The van der Waals surface area contributed by atoms with Crippen molar-refractivity contribution >= 4 is 6.03 Å². The first kappa shape index (κ1) is 11.3. The molecular weight excluding hydrogens is 176 g/mol. The fourth-order valence-electron chi connectivity index (χ4n) is 1.28. The summed E-state index contributed by atoms with van der Waals surface area (Å²) in [6.07, 6.45) is 4.50. The zero-order chi connectivity index (χ0) is 10.6. The van der Waals surface area contributed by atoms with Crippen LogP contribution in [0.4, 0.5) is 4.79 Å². The summed E-state index contributed by atoms with van der Waals surface area (Å²) >= 11 is 0. The van der Waals surface area contributed by atoms with E-state index in [4.69, 9.17) is 0 Å². The molecule has 0 bridgehead atoms. The summed E-state index contributed by atoms with van der Waals surface area (Å²) in [5.74, 6) is 0. The average molecular weight is 198 g/mol. The van der Waals surface area contributed by atoms with Crippen molar-refractivity contribution < 1.29 is 4.79 Å². The van der Waals surface area contributed by atoms with Gasteiger partial charge in [-0.3, -0.25) is 0 Å². The molecule has 1 saturated carbocycles. The van der Waals surface area contributed by atoms with E-state index in [-0.39, 0.29) is 6.03 Å². The number of amides is 2. The summed E-state index contributed by atoms with van der Waals surface area (Å²) in [6.45, 7) is 7.45. The van der Waals surface area contributed by atoms with Crippen LogP contribution in [0.5, 0.6) is 0 Å². The van der Waals surface area contributed by atoms with Crippen LogP contribution in [0.25, 0.3) is 0 Å². The number of rotatable bonds is 4. The lowest BCUT2D eigenvalue weighted by atomic mass is 9.91. The van der Waals surface area contributed by atoms with Gasteiger partial charge >= 0.3 is 6.03 Å². The molecule has 0 saturated heterocycles. The van der Waals surface area contributed by atoms with Crippen LogP contribution in [0.15, 0.2) is 0 Å². The first-order valence-corrected chi connectivity index (χ1v) is 5.52. The Morgan fingerprint density at radius 1 is 1.36 bits per heavy atom. The van der Waals surface area contributed by atoms with Gasteiger partial charge in [0.2, 0.25) is 0 Å². The highest BCUT2D eigenvalue weighted by Crippen LogP contribution is 2.20. The Labute approximate surface area is 86.6 Å². The zero-order valence-corrected chi connectivity index (χ0v) is 9.52. The lowest BCUT2D eigenvalue weighted by Gasteiger charge is -2.17. The van der Waals surface area contributed by atoms with Crippen LogP contribution in [0.2, 0.25) is 0 Å². The zero-order valence-electron chi connectivity index (χ0n) is 9.52. The Morgan fingerprint density at radius 3 is 2.50 bits per heavy atom. The van der Waals surface area contributed by atoms with E-state index in [0.29, 0.717) is 11.5 Å². The van der Waals surface area contributed by atoms with Gasteiger partial charge in [-0.2, -0.15) is 0 Å². The molecule has 0 heterocycles. The molecule has 1 fully saturated rings. The molecule has 0 aromatic carbocycles. The van der Waals surface area contributed by atoms with Crippen molar-refractivity contribution in [1.82, 2.24) is 10.6 Å². The van der Waals surface area contributed by atoms with Gasteiger partial charge in [-0.1, -0.05) is 20.8 Å². The largest absolute Gasteiger partial charge is 0.338 e. The Bertz CT molecular complexity index is 192. The van der Waals surface area contributed by atoms with Gasteiger partial charge in [0.05, 0.1) is 0 Å². The Morgan fingerprint density at radius 2 is 2.00 bits per heavy atom. The van der Waals surface area contributed by atoms with Crippen molar-refractivity contribution in [2.45, 2.75) is 52.5 Å². The van der Waals surface area contributed by atoms with Crippen molar-refractivity contribution in [3.63, 3.8) is 0 Å². The Hall–Kier alpha value is -0.730. The summed E-state index contributed by atoms with van der Waals surface area (Å²) < 4.78 is 0. The molecule has 82 valence electrons. The number of carbonyl (C=O) groups excluding carboxylic acids is 1. The quantitative estimate of drug-likeness (QED) is 0.668. The van der Waals surface area contributed by atoms with E-state index in [1.165, 1.54) is 0 Å². The van der Waals surface area contributed by atoms with E-state index in [2.05, 4.69) is 31.4 Å². The first-order valence-electron chi connectivity index (χ1n) is 5.52. The average Bonchev–Trinajstić information content (AvgIpc) is 2.80. The third kappa shape index (κ3) is 5.84. The second-order valence-corrected chi connectivity index (χ2v) is 5.34. The van der Waals surface area contributed by atoms with Gasteiger partial charge in [0.1, 0.15) is 0 Å². The number of hydrogen-bond acceptors (Lipinski definition) is 1. The molecule has 0 spiro atoms. The van der Waals surface area contributed by atoms with Gasteiger partial charge in [0.25, 0.3) is 0 Å². The SMILES string of the molecule is CC(C)(C)CCCNC(=O)NC1CC1. The molecule has 0 aromatic rings. The van der Waals surface area contributed by atoms with Gasteiger partial charge in [-0.25, -0.2) is 4.79 Å². The van der Waals surface area contributed by atoms with Gasteiger partial charge in [0.15, 0.2) is 0 Å². The van der Waals surface area contributed by atoms with Gasteiger partial charge < -0.3 is 10.6 Å². The maximum absolute atomic E-state index is 11.2. The number of urea groups is 1. The van der Waals surface area contributed by atoms with Crippen molar-refractivity contribution in [2.75, 3.05) is 6.54 Å². The molecule has 1 aliphatic rings. The standard InChI is InChI=1S/C11H22N2O/c1-11(2,3)7-4-8-12-10(14)13-9-5-6-9/h9H,4-8H2,1-3H3,(H2,12,13,14). The Kier molecular flexibility index (Phi) is 3.78. The van der Waals surface area contributed by atoms with Crippen molar-refractivity contribution in [1.29, 1.82) is 0 Å². The van der Waals surface area contributed by atoms with E-state index in [1.54, 1.807) is 0 Å². The molecule has 0 unspecified atom stereocenters. The van der Waals surface area contributed by atoms with Crippen LogP contribution in [0, 0.1) is 5.41 Å². The smallest absolute Gasteiger partial charge is 0.315 e. The normalized spacial score (nSPS) is 16.5. The molecule has 3 heteroatoms. The van der Waals surface area contributed by atoms with Crippen LogP contribution < -0.4 is 10.6 Å². The van der Waals surface area contributed by atoms with Crippen molar-refractivity contribution in [3.05, 3.63) is 0 Å². The first-order chi connectivity index (χ1) is 6.47. The minimum absolute atomic E-state index is 0.00130. The predicted octanol–water partition coefficient (Wildman–Crippen LogP) is 2.27. The summed E-state index contributed by atoms with van der Waals surface area (Å²) in [6, 6.07) is 0.457. The fraction of sp³-hybridized carbons (Fsp3) is 0.909. The molecule has 0 aliphatic heterocycles. The summed E-state index contributed by atoms with van der Waals surface area (Å²) in [7, 11) is 0. The molecule has 0 atom stereocenters. The molecule has 1 rings (SSSR count). The minimum Gasteiger partial charge on any atom is -0.338 e. The van der Waals surface area contributed by atoms with Crippen LogP contribution in [0.1, 0.15) is 46.5 Å². The van der Waals surface area contributed by atoms with Crippen LogP contribution in [0.3, 0.4) is 0 Å². The maximum Gasteiger partial charge on any atom is 0.315 e. The molecule has 0 aromatic heterocycles. The van der Waals surface area contributed by atoms with E-state index in [0.717, 1.165) is 32.2 Å². The molecule has 2 N–H and O–H groups in total. The highest BCUT2D eigenvalue weighted by Gasteiger charge is 2.22. The van der Waals surface area contributed by atoms with Crippen LogP contribution in [-0.2, 0) is 0 Å². The lowest BCUT2D eigenvalue weighted by molar-refractivity contribution is 0.239. The highest BCUT2D eigenvalue weighted by molar-refractivity contribution is 5.74. The molecule has 14 heavy (non-hydrogen) atoms. The topological polar surface area (TPSA) is 41.1 Å². The molecule has 1 aliphatic carbocycles. The molecular formula is C11H22N2O.